The maximum absolute atomic E-state index is 5.98. The largest absolute Gasteiger partial charge is 0.327 e. The van der Waals surface area contributed by atoms with Crippen molar-refractivity contribution in [1.29, 1.82) is 0 Å². The lowest BCUT2D eigenvalue weighted by molar-refractivity contribution is 0.285. The summed E-state index contributed by atoms with van der Waals surface area (Å²) in [5, 5.41) is 0. The van der Waals surface area contributed by atoms with Crippen molar-refractivity contribution in [3.63, 3.8) is 0 Å². The van der Waals surface area contributed by atoms with Crippen LogP contribution in [0.2, 0.25) is 0 Å². The van der Waals surface area contributed by atoms with Crippen LogP contribution in [0.5, 0.6) is 0 Å². The Kier molecular flexibility index (Phi) is 1.10. The van der Waals surface area contributed by atoms with E-state index in [2.05, 4.69) is 0 Å². The molecule has 2 fully saturated rings. The predicted molar refractivity (Wildman–Crippen MR) is 38.1 cm³/mol. The van der Waals surface area contributed by atoms with Gasteiger partial charge in [-0.15, -0.1) is 0 Å². The van der Waals surface area contributed by atoms with Gasteiger partial charge in [-0.1, -0.05) is 12.8 Å². The van der Waals surface area contributed by atoms with Crippen LogP contribution < -0.4 is 5.73 Å². The van der Waals surface area contributed by atoms with Crippen LogP contribution in [-0.2, 0) is 0 Å². The van der Waals surface area contributed by atoms with Gasteiger partial charge in [0, 0.05) is 6.04 Å². The van der Waals surface area contributed by atoms with E-state index >= 15 is 0 Å². The third-order valence-corrected chi connectivity index (χ3v) is 3.12. The molecule has 0 bridgehead atoms. The van der Waals surface area contributed by atoms with Crippen LogP contribution in [0.1, 0.15) is 38.5 Å². The summed E-state index contributed by atoms with van der Waals surface area (Å²) >= 11 is 0. The highest BCUT2D eigenvalue weighted by molar-refractivity contribution is 5.02. The minimum Gasteiger partial charge on any atom is -0.327 e. The van der Waals surface area contributed by atoms with E-state index in [0.717, 1.165) is 0 Å². The van der Waals surface area contributed by atoms with Crippen molar-refractivity contribution >= 4 is 0 Å². The molecule has 2 rings (SSSR count). The van der Waals surface area contributed by atoms with Crippen LogP contribution in [0.4, 0.5) is 0 Å². The van der Waals surface area contributed by atoms with Crippen molar-refractivity contribution in [3.05, 3.63) is 0 Å². The molecule has 2 saturated carbocycles. The van der Waals surface area contributed by atoms with Crippen LogP contribution >= 0.6 is 0 Å². The summed E-state index contributed by atoms with van der Waals surface area (Å²) in [7, 11) is 0. The van der Waals surface area contributed by atoms with Gasteiger partial charge in [-0.3, -0.25) is 0 Å². The normalized spacial score (nSPS) is 39.0. The number of nitrogens with two attached hydrogens (primary N) is 1. The first-order chi connectivity index (χ1) is 4.33. The molecule has 0 heterocycles. The van der Waals surface area contributed by atoms with Crippen molar-refractivity contribution in [2.45, 2.75) is 44.6 Å². The van der Waals surface area contributed by atoms with Gasteiger partial charge in [0.2, 0.25) is 0 Å². The molecule has 1 atom stereocenters. The standard InChI is InChI=1S/C8H15N/c9-7-3-1-2-4-8(7)5-6-8/h7H,1-6,9H2/t7-/m1/s1. The maximum atomic E-state index is 5.98. The van der Waals surface area contributed by atoms with E-state index in [9.17, 15) is 0 Å². The van der Waals surface area contributed by atoms with Crippen molar-refractivity contribution in [1.82, 2.24) is 0 Å². The molecule has 9 heavy (non-hydrogen) atoms. The Bertz CT molecular complexity index is 116. The molecular weight excluding hydrogens is 110 g/mol. The fourth-order valence-electron chi connectivity index (χ4n) is 2.11. The van der Waals surface area contributed by atoms with Crippen molar-refractivity contribution in [2.24, 2.45) is 11.1 Å². The minimum absolute atomic E-state index is 0.561. The van der Waals surface area contributed by atoms with Gasteiger partial charge in [0.15, 0.2) is 0 Å². The molecule has 0 radical (unpaired) electrons. The van der Waals surface area contributed by atoms with Crippen LogP contribution in [0, 0.1) is 5.41 Å². The minimum atomic E-state index is 0.561. The number of hydrogen-bond acceptors (Lipinski definition) is 1. The molecular formula is C8H15N. The summed E-state index contributed by atoms with van der Waals surface area (Å²) in [5.74, 6) is 0. The van der Waals surface area contributed by atoms with Crippen molar-refractivity contribution in [3.8, 4) is 0 Å². The van der Waals surface area contributed by atoms with E-state index in [0.29, 0.717) is 11.5 Å². The Morgan fingerprint density at radius 2 is 1.89 bits per heavy atom. The average molecular weight is 125 g/mol. The average Bonchev–Trinajstić information content (AvgIpc) is 2.60. The molecule has 0 aromatic rings. The molecule has 1 spiro atoms. The van der Waals surface area contributed by atoms with E-state index in [1.807, 2.05) is 0 Å². The molecule has 2 aliphatic carbocycles. The molecule has 0 unspecified atom stereocenters. The summed E-state index contributed by atoms with van der Waals surface area (Å²) in [6.45, 7) is 0. The molecule has 0 aliphatic heterocycles. The van der Waals surface area contributed by atoms with Gasteiger partial charge in [0.25, 0.3) is 0 Å². The summed E-state index contributed by atoms with van der Waals surface area (Å²) in [4.78, 5) is 0. The van der Waals surface area contributed by atoms with E-state index in [1.54, 1.807) is 0 Å². The van der Waals surface area contributed by atoms with Crippen LogP contribution in [0.15, 0.2) is 0 Å². The van der Waals surface area contributed by atoms with Gasteiger partial charge >= 0.3 is 0 Å². The molecule has 2 aliphatic rings. The highest BCUT2D eigenvalue weighted by atomic mass is 14.7. The number of hydrogen-bond donors (Lipinski definition) is 1. The van der Waals surface area contributed by atoms with E-state index in [-0.39, 0.29) is 0 Å². The van der Waals surface area contributed by atoms with Crippen LogP contribution in [0.25, 0.3) is 0 Å². The van der Waals surface area contributed by atoms with Crippen molar-refractivity contribution < 1.29 is 0 Å². The zero-order chi connectivity index (χ0) is 6.32. The monoisotopic (exact) mass is 125 g/mol. The Labute approximate surface area is 56.6 Å². The quantitative estimate of drug-likeness (QED) is 0.523. The van der Waals surface area contributed by atoms with E-state index < -0.39 is 0 Å². The van der Waals surface area contributed by atoms with E-state index in [4.69, 9.17) is 5.73 Å². The summed E-state index contributed by atoms with van der Waals surface area (Å²) < 4.78 is 0. The second-order valence-electron chi connectivity index (χ2n) is 3.71. The lowest BCUT2D eigenvalue weighted by Crippen LogP contribution is -2.34. The molecule has 1 heteroatoms. The molecule has 0 aromatic heterocycles. The van der Waals surface area contributed by atoms with Crippen molar-refractivity contribution in [2.75, 3.05) is 0 Å². The van der Waals surface area contributed by atoms with Crippen LogP contribution in [-0.4, -0.2) is 6.04 Å². The fourth-order valence-corrected chi connectivity index (χ4v) is 2.11. The highest BCUT2D eigenvalue weighted by Gasteiger charge is 2.48. The zero-order valence-electron chi connectivity index (χ0n) is 5.90. The predicted octanol–water partition coefficient (Wildman–Crippen LogP) is 1.67. The first-order valence-electron chi connectivity index (χ1n) is 4.09. The Balaban J connectivity index is 2.03. The van der Waals surface area contributed by atoms with Crippen LogP contribution in [0.3, 0.4) is 0 Å². The zero-order valence-corrected chi connectivity index (χ0v) is 5.90. The topological polar surface area (TPSA) is 26.0 Å². The second-order valence-corrected chi connectivity index (χ2v) is 3.71. The Morgan fingerprint density at radius 1 is 1.11 bits per heavy atom. The summed E-state index contributed by atoms with van der Waals surface area (Å²) in [5.41, 5.74) is 6.64. The third-order valence-electron chi connectivity index (χ3n) is 3.12. The Hall–Kier alpha value is -0.0400. The van der Waals surface area contributed by atoms with Gasteiger partial charge in [0.1, 0.15) is 0 Å². The first-order valence-corrected chi connectivity index (χ1v) is 4.09. The van der Waals surface area contributed by atoms with Gasteiger partial charge in [-0.2, -0.15) is 0 Å². The molecule has 0 saturated heterocycles. The van der Waals surface area contributed by atoms with E-state index in [1.165, 1.54) is 38.5 Å². The molecule has 0 aromatic carbocycles. The SMILES string of the molecule is N[C@@H]1CCCCC12CC2. The molecule has 0 amide bonds. The molecule has 2 N–H and O–H groups in total. The van der Waals surface area contributed by atoms with Gasteiger partial charge < -0.3 is 5.73 Å². The number of rotatable bonds is 0. The maximum Gasteiger partial charge on any atom is 0.00955 e. The third kappa shape index (κ3) is 0.787. The Morgan fingerprint density at radius 3 is 2.33 bits per heavy atom. The highest BCUT2D eigenvalue weighted by Crippen LogP contribution is 2.55. The second kappa shape index (κ2) is 1.72. The smallest absolute Gasteiger partial charge is 0.00955 e. The van der Waals surface area contributed by atoms with Gasteiger partial charge in [-0.05, 0) is 31.1 Å². The van der Waals surface area contributed by atoms with Gasteiger partial charge in [-0.25, -0.2) is 0 Å². The summed E-state index contributed by atoms with van der Waals surface area (Å²) in [6, 6.07) is 0.561. The fraction of sp³-hybridized carbons (Fsp3) is 1.00. The first kappa shape index (κ1) is 5.72. The molecule has 52 valence electrons. The lowest BCUT2D eigenvalue weighted by Gasteiger charge is -2.27. The summed E-state index contributed by atoms with van der Waals surface area (Å²) in [6.07, 6.45) is 8.38. The lowest BCUT2D eigenvalue weighted by atomic mass is 9.82. The molecule has 1 nitrogen and oxygen atoms in total. The van der Waals surface area contributed by atoms with Gasteiger partial charge in [0.05, 0.1) is 0 Å².